The number of aromatic nitrogens is 5. The van der Waals surface area contributed by atoms with Gasteiger partial charge in [-0.05, 0) is 25.1 Å². The Bertz CT molecular complexity index is 793. The number of carbonyl (C=O) groups is 1. The number of anilines is 1. The van der Waals surface area contributed by atoms with E-state index in [0.717, 1.165) is 5.52 Å². The number of fused-ring (bicyclic) bond motifs is 1. The van der Waals surface area contributed by atoms with Crippen LogP contribution in [0.5, 0.6) is 0 Å². The van der Waals surface area contributed by atoms with E-state index >= 15 is 0 Å². The Labute approximate surface area is 133 Å². The van der Waals surface area contributed by atoms with Crippen LogP contribution in [0.1, 0.15) is 6.92 Å². The lowest BCUT2D eigenvalue weighted by Gasteiger charge is -2.21. The molecule has 0 bridgehead atoms. The van der Waals surface area contributed by atoms with Crippen molar-refractivity contribution in [3.05, 3.63) is 36.7 Å². The number of likely N-dealkylation sites (N-methyl/N-ethyl adjacent to an activating group) is 1. The van der Waals surface area contributed by atoms with Gasteiger partial charge < -0.3 is 10.2 Å². The normalized spacial score (nSPS) is 10.9. The van der Waals surface area contributed by atoms with Crippen molar-refractivity contribution in [2.24, 2.45) is 7.05 Å². The third kappa shape index (κ3) is 3.31. The highest BCUT2D eigenvalue weighted by Gasteiger charge is 2.14. The summed E-state index contributed by atoms with van der Waals surface area (Å²) in [6.07, 6.45) is 3.61. The van der Waals surface area contributed by atoms with Crippen LogP contribution in [0.2, 0.25) is 0 Å². The maximum absolute atomic E-state index is 12.5. The van der Waals surface area contributed by atoms with Gasteiger partial charge in [-0.2, -0.15) is 20.1 Å². The first-order valence-electron chi connectivity index (χ1n) is 7.51. The molecule has 2 aromatic heterocycles. The largest absolute Gasteiger partial charge is 0.323 e. The van der Waals surface area contributed by atoms with E-state index in [1.165, 1.54) is 4.80 Å². The highest BCUT2D eigenvalue weighted by molar-refractivity contribution is 5.98. The van der Waals surface area contributed by atoms with Gasteiger partial charge in [0.25, 0.3) is 0 Å². The highest BCUT2D eigenvalue weighted by atomic mass is 16.2. The third-order valence-corrected chi connectivity index (χ3v) is 3.58. The zero-order valence-electron chi connectivity index (χ0n) is 13.2. The van der Waals surface area contributed by atoms with Crippen LogP contribution in [0.15, 0.2) is 36.7 Å². The fourth-order valence-corrected chi connectivity index (χ4v) is 2.39. The predicted octanol–water partition coefficient (Wildman–Crippen LogP) is 1.72. The molecule has 0 aliphatic carbocycles. The minimum absolute atomic E-state index is 0.155. The van der Waals surface area contributed by atoms with Crippen molar-refractivity contribution >= 4 is 22.8 Å². The number of hydrogen-bond acceptors (Lipinski definition) is 4. The van der Waals surface area contributed by atoms with Crippen molar-refractivity contribution in [3.63, 3.8) is 0 Å². The van der Waals surface area contributed by atoms with Gasteiger partial charge in [-0.15, -0.1) is 0 Å². The summed E-state index contributed by atoms with van der Waals surface area (Å²) in [4.78, 5) is 15.7. The van der Waals surface area contributed by atoms with Crippen molar-refractivity contribution in [2.45, 2.75) is 13.5 Å². The second-order valence-electron chi connectivity index (χ2n) is 5.14. The fourth-order valence-electron chi connectivity index (χ4n) is 2.39. The van der Waals surface area contributed by atoms with E-state index in [0.29, 0.717) is 30.8 Å². The minimum atomic E-state index is -0.155. The number of aryl methyl sites for hydroxylation is 1. The number of rotatable bonds is 5. The van der Waals surface area contributed by atoms with E-state index in [2.05, 4.69) is 20.6 Å². The lowest BCUT2D eigenvalue weighted by molar-refractivity contribution is 0.211. The Balaban J connectivity index is 1.70. The van der Waals surface area contributed by atoms with Gasteiger partial charge in [0.1, 0.15) is 11.0 Å². The van der Waals surface area contributed by atoms with Crippen LogP contribution >= 0.6 is 0 Å². The fraction of sp³-hybridized carbons (Fsp3) is 0.333. The summed E-state index contributed by atoms with van der Waals surface area (Å²) in [5.41, 5.74) is 2.11. The van der Waals surface area contributed by atoms with Gasteiger partial charge in [0.15, 0.2) is 0 Å². The number of urea groups is 1. The van der Waals surface area contributed by atoms with Crippen LogP contribution in [0.3, 0.4) is 0 Å². The molecule has 0 saturated carbocycles. The number of nitrogens with zero attached hydrogens (tertiary/aromatic N) is 6. The average Bonchev–Trinajstić information content (AvgIpc) is 3.17. The molecular weight excluding hydrogens is 294 g/mol. The Kier molecular flexibility index (Phi) is 4.22. The predicted molar refractivity (Wildman–Crippen MR) is 87.0 cm³/mol. The maximum atomic E-state index is 12.5. The number of hydrogen-bond donors (Lipinski definition) is 1. The van der Waals surface area contributed by atoms with Gasteiger partial charge in [0.05, 0.1) is 12.2 Å². The van der Waals surface area contributed by atoms with Crippen LogP contribution in [0.4, 0.5) is 10.5 Å². The molecule has 3 rings (SSSR count). The number of carbonyl (C=O) groups excluding carboxylic acids is 1. The second kappa shape index (κ2) is 6.47. The molecule has 8 heteroatoms. The molecule has 3 aromatic rings. The standard InChI is InChI=1S/C15H19N7O/c1-3-21(10-11-22-9-5-8-16-22)15(23)17-12-6-4-7-13-14(12)19-20(2)18-13/h4-9H,3,10-11H2,1-2H3,(H,17,23). The second-order valence-corrected chi connectivity index (χ2v) is 5.14. The van der Waals surface area contributed by atoms with Crippen molar-refractivity contribution in [1.82, 2.24) is 29.7 Å². The molecule has 0 radical (unpaired) electrons. The molecule has 0 fully saturated rings. The number of nitrogens with one attached hydrogen (secondary N) is 1. The highest BCUT2D eigenvalue weighted by Crippen LogP contribution is 2.19. The van der Waals surface area contributed by atoms with E-state index in [-0.39, 0.29) is 6.03 Å². The Morgan fingerprint density at radius 1 is 1.30 bits per heavy atom. The molecule has 23 heavy (non-hydrogen) atoms. The first-order chi connectivity index (χ1) is 11.2. The maximum Gasteiger partial charge on any atom is 0.321 e. The Morgan fingerprint density at radius 3 is 2.91 bits per heavy atom. The molecule has 0 atom stereocenters. The van der Waals surface area contributed by atoms with Crippen LogP contribution in [0.25, 0.3) is 11.0 Å². The lowest BCUT2D eigenvalue weighted by Crippen LogP contribution is -2.37. The molecule has 1 N–H and O–H groups in total. The number of amides is 2. The summed E-state index contributed by atoms with van der Waals surface area (Å²) >= 11 is 0. The van der Waals surface area contributed by atoms with Gasteiger partial charge in [-0.1, -0.05) is 6.07 Å². The van der Waals surface area contributed by atoms with Gasteiger partial charge >= 0.3 is 6.03 Å². The molecule has 0 spiro atoms. The Morgan fingerprint density at radius 2 is 2.17 bits per heavy atom. The zero-order valence-corrected chi connectivity index (χ0v) is 13.2. The summed E-state index contributed by atoms with van der Waals surface area (Å²) in [5.74, 6) is 0. The topological polar surface area (TPSA) is 80.9 Å². The van der Waals surface area contributed by atoms with Crippen LogP contribution in [0, 0.1) is 0 Å². The van der Waals surface area contributed by atoms with Gasteiger partial charge in [-0.25, -0.2) is 4.79 Å². The molecule has 2 amide bonds. The van der Waals surface area contributed by atoms with Crippen molar-refractivity contribution in [3.8, 4) is 0 Å². The van der Waals surface area contributed by atoms with Gasteiger partial charge in [0, 0.05) is 32.5 Å². The Hall–Kier alpha value is -2.90. The first kappa shape index (κ1) is 15.0. The molecule has 0 aliphatic rings. The van der Waals surface area contributed by atoms with Crippen molar-refractivity contribution in [2.75, 3.05) is 18.4 Å². The molecular formula is C15H19N7O. The van der Waals surface area contributed by atoms with Gasteiger partial charge in [0.2, 0.25) is 0 Å². The summed E-state index contributed by atoms with van der Waals surface area (Å²) in [7, 11) is 1.76. The molecule has 8 nitrogen and oxygen atoms in total. The van der Waals surface area contributed by atoms with Crippen molar-refractivity contribution < 1.29 is 4.79 Å². The van der Waals surface area contributed by atoms with Crippen LogP contribution < -0.4 is 5.32 Å². The molecule has 1 aromatic carbocycles. The van der Waals surface area contributed by atoms with E-state index < -0.39 is 0 Å². The average molecular weight is 313 g/mol. The molecule has 2 heterocycles. The molecule has 0 aliphatic heterocycles. The summed E-state index contributed by atoms with van der Waals surface area (Å²) in [6, 6.07) is 7.26. The molecule has 0 saturated heterocycles. The van der Waals surface area contributed by atoms with E-state index in [4.69, 9.17) is 0 Å². The number of benzene rings is 1. The lowest BCUT2D eigenvalue weighted by atomic mass is 10.2. The monoisotopic (exact) mass is 313 g/mol. The smallest absolute Gasteiger partial charge is 0.321 e. The van der Waals surface area contributed by atoms with Crippen LogP contribution in [-0.4, -0.2) is 48.8 Å². The minimum Gasteiger partial charge on any atom is -0.323 e. The summed E-state index contributed by atoms with van der Waals surface area (Å²) in [6.45, 7) is 3.80. The summed E-state index contributed by atoms with van der Waals surface area (Å²) < 4.78 is 1.80. The van der Waals surface area contributed by atoms with E-state index in [9.17, 15) is 4.79 Å². The van der Waals surface area contributed by atoms with Crippen LogP contribution in [-0.2, 0) is 13.6 Å². The molecule has 0 unspecified atom stereocenters. The quantitative estimate of drug-likeness (QED) is 0.777. The summed E-state index contributed by atoms with van der Waals surface area (Å²) in [5, 5.41) is 15.6. The van der Waals surface area contributed by atoms with Gasteiger partial charge in [-0.3, -0.25) is 4.68 Å². The van der Waals surface area contributed by atoms with E-state index in [1.54, 1.807) is 22.8 Å². The molecule has 120 valence electrons. The van der Waals surface area contributed by atoms with Crippen molar-refractivity contribution in [1.29, 1.82) is 0 Å². The first-order valence-corrected chi connectivity index (χ1v) is 7.51. The third-order valence-electron chi connectivity index (χ3n) is 3.58. The van der Waals surface area contributed by atoms with E-state index in [1.807, 2.05) is 37.4 Å². The SMILES string of the molecule is CCN(CCn1cccn1)C(=O)Nc1cccc2nn(C)nc12. The zero-order chi connectivity index (χ0) is 16.2.